The summed E-state index contributed by atoms with van der Waals surface area (Å²) in [5.41, 5.74) is 1.37. The molecular formula is C22H36N4O3. The van der Waals surface area contributed by atoms with Crippen LogP contribution < -0.4 is 10.6 Å². The fourth-order valence-corrected chi connectivity index (χ4v) is 3.01. The van der Waals surface area contributed by atoms with E-state index in [1.165, 1.54) is 0 Å². The molecule has 29 heavy (non-hydrogen) atoms. The zero-order valence-electron chi connectivity index (χ0n) is 18.5. The highest BCUT2D eigenvalue weighted by Gasteiger charge is 2.25. The van der Waals surface area contributed by atoms with Crippen molar-refractivity contribution < 1.29 is 14.3 Å². The molecule has 0 spiro atoms. The van der Waals surface area contributed by atoms with E-state index < -0.39 is 5.60 Å². The van der Waals surface area contributed by atoms with Crippen LogP contribution in [0, 0.1) is 0 Å². The van der Waals surface area contributed by atoms with E-state index in [0.29, 0.717) is 31.2 Å². The minimum Gasteiger partial charge on any atom is -0.444 e. The Morgan fingerprint density at radius 1 is 1.07 bits per heavy atom. The Balaban J connectivity index is 1.67. The molecule has 0 aromatic heterocycles. The van der Waals surface area contributed by atoms with Gasteiger partial charge in [0.1, 0.15) is 5.60 Å². The Morgan fingerprint density at radius 3 is 2.24 bits per heavy atom. The molecule has 0 bridgehead atoms. The van der Waals surface area contributed by atoms with E-state index in [1.807, 2.05) is 45.0 Å². The first-order valence-corrected chi connectivity index (χ1v) is 10.4. The number of piperazine rings is 1. The third-order valence-electron chi connectivity index (χ3n) is 4.67. The molecule has 2 rings (SSSR count). The van der Waals surface area contributed by atoms with Crippen LogP contribution in [0.15, 0.2) is 24.3 Å². The van der Waals surface area contributed by atoms with E-state index in [-0.39, 0.29) is 12.0 Å². The number of benzene rings is 1. The first kappa shape index (κ1) is 23.2. The quantitative estimate of drug-likeness (QED) is 0.730. The first-order valence-electron chi connectivity index (χ1n) is 10.4. The van der Waals surface area contributed by atoms with Crippen molar-refractivity contribution in [1.82, 2.24) is 20.4 Å². The van der Waals surface area contributed by atoms with Crippen molar-refractivity contribution in [3.8, 4) is 0 Å². The third-order valence-corrected chi connectivity index (χ3v) is 4.67. The summed E-state index contributed by atoms with van der Waals surface area (Å²) in [4.78, 5) is 28.4. The summed E-state index contributed by atoms with van der Waals surface area (Å²) in [7, 11) is 0. The van der Waals surface area contributed by atoms with E-state index >= 15 is 0 Å². The standard InChI is InChI=1S/C22H36N4O3/c1-17(2)24-16-18-6-8-19(9-7-18)20(27)23-10-11-25-12-14-26(15-13-25)21(28)29-22(3,4)5/h6-9,17,24H,10-16H2,1-5H3,(H,23,27). The van der Waals surface area contributed by atoms with Crippen LogP contribution in [-0.2, 0) is 11.3 Å². The SMILES string of the molecule is CC(C)NCc1ccc(C(=O)NCCN2CCN(C(=O)OC(C)(C)C)CC2)cc1. The predicted octanol–water partition coefficient (Wildman–Crippen LogP) is 2.47. The first-order chi connectivity index (χ1) is 13.6. The van der Waals surface area contributed by atoms with Crippen LogP contribution in [-0.4, -0.2) is 72.7 Å². The Kier molecular flexibility index (Phi) is 8.46. The van der Waals surface area contributed by atoms with Crippen molar-refractivity contribution in [2.45, 2.75) is 52.8 Å². The normalized spacial score (nSPS) is 15.4. The van der Waals surface area contributed by atoms with Gasteiger partial charge in [0.25, 0.3) is 5.91 Å². The minimum absolute atomic E-state index is 0.0549. The molecule has 0 radical (unpaired) electrons. The number of carbonyl (C=O) groups excluding carboxylic acids is 2. The van der Waals surface area contributed by atoms with Gasteiger partial charge in [0, 0.05) is 57.4 Å². The van der Waals surface area contributed by atoms with E-state index in [2.05, 4.69) is 29.4 Å². The molecule has 1 aromatic rings. The molecule has 1 heterocycles. The van der Waals surface area contributed by atoms with E-state index in [9.17, 15) is 9.59 Å². The molecule has 162 valence electrons. The maximum Gasteiger partial charge on any atom is 0.410 e. The fourth-order valence-electron chi connectivity index (χ4n) is 3.01. The highest BCUT2D eigenvalue weighted by Crippen LogP contribution is 2.11. The van der Waals surface area contributed by atoms with Gasteiger partial charge in [0.15, 0.2) is 0 Å². The summed E-state index contributed by atoms with van der Waals surface area (Å²) in [5, 5.41) is 6.34. The molecule has 0 atom stereocenters. The molecule has 7 heteroatoms. The molecule has 7 nitrogen and oxygen atoms in total. The smallest absolute Gasteiger partial charge is 0.410 e. The van der Waals surface area contributed by atoms with Crippen LogP contribution in [0.1, 0.15) is 50.5 Å². The maximum absolute atomic E-state index is 12.3. The summed E-state index contributed by atoms with van der Waals surface area (Å²) in [6, 6.07) is 8.14. The third kappa shape index (κ3) is 8.41. The lowest BCUT2D eigenvalue weighted by Gasteiger charge is -2.35. The molecule has 2 amide bonds. The highest BCUT2D eigenvalue weighted by molar-refractivity contribution is 5.94. The molecule has 1 saturated heterocycles. The van der Waals surface area contributed by atoms with Gasteiger partial charge in [-0.05, 0) is 38.5 Å². The average Bonchev–Trinajstić information content (AvgIpc) is 2.66. The van der Waals surface area contributed by atoms with Gasteiger partial charge in [-0.25, -0.2) is 4.79 Å². The van der Waals surface area contributed by atoms with Crippen LogP contribution in [0.3, 0.4) is 0 Å². The molecule has 1 aliphatic heterocycles. The summed E-state index contributed by atoms with van der Waals surface area (Å²) in [6.45, 7) is 14.9. The summed E-state index contributed by atoms with van der Waals surface area (Å²) < 4.78 is 5.42. The van der Waals surface area contributed by atoms with E-state index in [0.717, 1.165) is 31.7 Å². The fraction of sp³-hybridized carbons (Fsp3) is 0.636. The van der Waals surface area contributed by atoms with Crippen LogP contribution in [0.2, 0.25) is 0 Å². The minimum atomic E-state index is -0.471. The number of hydrogen-bond donors (Lipinski definition) is 2. The van der Waals surface area contributed by atoms with Gasteiger partial charge in [0.05, 0.1) is 0 Å². The number of hydrogen-bond acceptors (Lipinski definition) is 5. The van der Waals surface area contributed by atoms with Crippen LogP contribution in [0.25, 0.3) is 0 Å². The number of nitrogens with zero attached hydrogens (tertiary/aromatic N) is 2. The van der Waals surface area contributed by atoms with Crippen molar-refractivity contribution in [1.29, 1.82) is 0 Å². The van der Waals surface area contributed by atoms with Gasteiger partial charge < -0.3 is 20.3 Å². The average molecular weight is 405 g/mol. The van der Waals surface area contributed by atoms with Crippen LogP contribution >= 0.6 is 0 Å². The number of rotatable bonds is 7. The molecule has 0 aliphatic carbocycles. The van der Waals surface area contributed by atoms with Gasteiger partial charge >= 0.3 is 6.09 Å². The lowest BCUT2D eigenvalue weighted by Crippen LogP contribution is -2.51. The molecule has 1 aromatic carbocycles. The summed E-state index contributed by atoms with van der Waals surface area (Å²) in [5.74, 6) is -0.0549. The summed E-state index contributed by atoms with van der Waals surface area (Å²) in [6.07, 6.45) is -0.252. The summed E-state index contributed by atoms with van der Waals surface area (Å²) >= 11 is 0. The Hall–Kier alpha value is -2.12. The molecule has 2 N–H and O–H groups in total. The Labute approximate surface area is 174 Å². The number of amides is 2. The monoisotopic (exact) mass is 404 g/mol. The van der Waals surface area contributed by atoms with Crippen molar-refractivity contribution in [3.05, 3.63) is 35.4 Å². The van der Waals surface area contributed by atoms with Gasteiger partial charge in [-0.15, -0.1) is 0 Å². The van der Waals surface area contributed by atoms with E-state index in [4.69, 9.17) is 4.74 Å². The largest absolute Gasteiger partial charge is 0.444 e. The van der Waals surface area contributed by atoms with Gasteiger partial charge in [-0.1, -0.05) is 26.0 Å². The molecule has 1 fully saturated rings. The van der Waals surface area contributed by atoms with Crippen molar-refractivity contribution in [3.63, 3.8) is 0 Å². The Morgan fingerprint density at radius 2 is 1.69 bits per heavy atom. The lowest BCUT2D eigenvalue weighted by molar-refractivity contribution is 0.0147. The maximum atomic E-state index is 12.3. The van der Waals surface area contributed by atoms with Crippen molar-refractivity contribution in [2.75, 3.05) is 39.3 Å². The molecule has 0 saturated carbocycles. The highest BCUT2D eigenvalue weighted by atomic mass is 16.6. The van der Waals surface area contributed by atoms with Gasteiger partial charge in [-0.2, -0.15) is 0 Å². The van der Waals surface area contributed by atoms with Gasteiger partial charge in [-0.3, -0.25) is 9.69 Å². The topological polar surface area (TPSA) is 73.9 Å². The van der Waals surface area contributed by atoms with Crippen LogP contribution in [0.4, 0.5) is 4.79 Å². The number of nitrogens with one attached hydrogen (secondary N) is 2. The van der Waals surface area contributed by atoms with Crippen molar-refractivity contribution >= 4 is 12.0 Å². The number of ether oxygens (including phenoxy) is 1. The van der Waals surface area contributed by atoms with Gasteiger partial charge in [0.2, 0.25) is 0 Å². The Bertz CT molecular complexity index is 660. The zero-order valence-corrected chi connectivity index (χ0v) is 18.5. The van der Waals surface area contributed by atoms with Crippen LogP contribution in [0.5, 0.6) is 0 Å². The van der Waals surface area contributed by atoms with Crippen molar-refractivity contribution in [2.24, 2.45) is 0 Å². The molecule has 0 unspecified atom stereocenters. The molecular weight excluding hydrogens is 368 g/mol. The second-order valence-corrected chi connectivity index (χ2v) is 8.80. The van der Waals surface area contributed by atoms with E-state index in [1.54, 1.807) is 4.90 Å². The molecule has 1 aliphatic rings. The number of carbonyl (C=O) groups is 2. The lowest BCUT2D eigenvalue weighted by atomic mass is 10.1. The zero-order chi connectivity index (χ0) is 21.4. The second kappa shape index (κ2) is 10.6. The predicted molar refractivity (Wildman–Crippen MR) is 115 cm³/mol. The second-order valence-electron chi connectivity index (χ2n) is 8.80.